The molecule has 1 heterocycles. The summed E-state index contributed by atoms with van der Waals surface area (Å²) in [4.78, 5) is 24.0. The number of carbonyl (C=O) groups excluding carboxylic acids is 2. The summed E-state index contributed by atoms with van der Waals surface area (Å²) in [5, 5.41) is 5.42. The lowest BCUT2D eigenvalue weighted by atomic mass is 10.2. The molecule has 3 aromatic rings. The highest BCUT2D eigenvalue weighted by Crippen LogP contribution is 2.10. The topological polar surface area (TPSA) is 63.1 Å². The van der Waals surface area contributed by atoms with Crippen molar-refractivity contribution in [2.75, 3.05) is 13.1 Å². The molecule has 132 valence electrons. The van der Waals surface area contributed by atoms with Crippen LogP contribution in [0.4, 0.5) is 4.39 Å². The van der Waals surface area contributed by atoms with Crippen LogP contribution in [0.5, 0.6) is 0 Å². The SMILES string of the molecule is O=C(NCCNC(=O)c1ccc(-n2cccc2)cc1)c1ccc(F)cc1. The molecule has 0 unspecified atom stereocenters. The van der Waals surface area contributed by atoms with Crippen LogP contribution < -0.4 is 10.6 Å². The summed E-state index contributed by atoms with van der Waals surface area (Å²) in [5.74, 6) is -0.910. The zero-order chi connectivity index (χ0) is 18.4. The molecule has 2 N–H and O–H groups in total. The smallest absolute Gasteiger partial charge is 0.251 e. The van der Waals surface area contributed by atoms with Gasteiger partial charge in [0.2, 0.25) is 0 Å². The van der Waals surface area contributed by atoms with E-state index in [1.807, 2.05) is 41.2 Å². The Morgan fingerprint density at radius 2 is 1.23 bits per heavy atom. The Morgan fingerprint density at radius 1 is 0.769 bits per heavy atom. The molecule has 0 bridgehead atoms. The minimum atomic E-state index is -0.392. The molecular weight excluding hydrogens is 333 g/mol. The average molecular weight is 351 g/mol. The van der Waals surface area contributed by atoms with Crippen LogP contribution in [0.25, 0.3) is 5.69 Å². The normalized spacial score (nSPS) is 10.3. The van der Waals surface area contributed by atoms with E-state index in [-0.39, 0.29) is 18.4 Å². The van der Waals surface area contributed by atoms with Crippen LogP contribution in [0.2, 0.25) is 0 Å². The van der Waals surface area contributed by atoms with Crippen LogP contribution in [-0.4, -0.2) is 29.5 Å². The first-order valence-electron chi connectivity index (χ1n) is 8.19. The van der Waals surface area contributed by atoms with Gasteiger partial charge in [0, 0.05) is 42.3 Å². The van der Waals surface area contributed by atoms with Gasteiger partial charge in [-0.3, -0.25) is 9.59 Å². The quantitative estimate of drug-likeness (QED) is 0.671. The molecule has 0 fully saturated rings. The van der Waals surface area contributed by atoms with Gasteiger partial charge in [-0.25, -0.2) is 4.39 Å². The first-order chi connectivity index (χ1) is 12.6. The molecule has 0 aliphatic heterocycles. The van der Waals surface area contributed by atoms with E-state index in [2.05, 4.69) is 10.6 Å². The minimum absolute atomic E-state index is 0.208. The van der Waals surface area contributed by atoms with Gasteiger partial charge in [0.25, 0.3) is 11.8 Å². The average Bonchev–Trinajstić information content (AvgIpc) is 3.20. The number of nitrogens with one attached hydrogen (secondary N) is 2. The van der Waals surface area contributed by atoms with Gasteiger partial charge in [0.05, 0.1) is 0 Å². The zero-order valence-electron chi connectivity index (χ0n) is 14.0. The van der Waals surface area contributed by atoms with Crippen molar-refractivity contribution in [3.05, 3.63) is 90.0 Å². The van der Waals surface area contributed by atoms with Gasteiger partial charge in [-0.1, -0.05) is 0 Å². The number of hydrogen-bond acceptors (Lipinski definition) is 2. The predicted octanol–water partition coefficient (Wildman–Crippen LogP) is 2.78. The summed E-state index contributed by atoms with van der Waals surface area (Å²) < 4.78 is 14.8. The summed E-state index contributed by atoms with van der Waals surface area (Å²) in [6.45, 7) is 0.578. The number of rotatable bonds is 6. The lowest BCUT2D eigenvalue weighted by Gasteiger charge is -2.08. The lowest BCUT2D eigenvalue weighted by Crippen LogP contribution is -2.34. The molecule has 0 aliphatic rings. The first-order valence-corrected chi connectivity index (χ1v) is 8.19. The highest BCUT2D eigenvalue weighted by atomic mass is 19.1. The van der Waals surface area contributed by atoms with Gasteiger partial charge in [-0.2, -0.15) is 0 Å². The van der Waals surface area contributed by atoms with E-state index in [0.29, 0.717) is 17.7 Å². The maximum Gasteiger partial charge on any atom is 0.251 e. The van der Waals surface area contributed by atoms with Crippen molar-refractivity contribution < 1.29 is 14.0 Å². The molecule has 2 amide bonds. The van der Waals surface area contributed by atoms with Crippen molar-refractivity contribution in [2.45, 2.75) is 0 Å². The Morgan fingerprint density at radius 3 is 1.73 bits per heavy atom. The van der Waals surface area contributed by atoms with E-state index in [4.69, 9.17) is 0 Å². The summed E-state index contributed by atoms with van der Waals surface area (Å²) >= 11 is 0. The summed E-state index contributed by atoms with van der Waals surface area (Å²) in [6, 6.07) is 16.4. The van der Waals surface area contributed by atoms with Crippen molar-refractivity contribution >= 4 is 11.8 Å². The standard InChI is InChI=1S/C20H18FN3O2/c21-17-7-3-15(4-8-17)19(25)22-11-12-23-20(26)16-5-9-18(10-6-16)24-13-1-2-14-24/h1-10,13-14H,11-12H2,(H,22,25)(H,23,26). The molecule has 0 saturated carbocycles. The zero-order valence-corrected chi connectivity index (χ0v) is 14.0. The number of hydrogen-bond donors (Lipinski definition) is 2. The number of halogens is 1. The largest absolute Gasteiger partial charge is 0.350 e. The van der Waals surface area contributed by atoms with Crippen molar-refractivity contribution in [3.63, 3.8) is 0 Å². The molecule has 5 nitrogen and oxygen atoms in total. The van der Waals surface area contributed by atoms with Gasteiger partial charge in [-0.15, -0.1) is 0 Å². The summed E-state index contributed by atoms with van der Waals surface area (Å²) in [6.07, 6.45) is 3.86. The predicted molar refractivity (Wildman–Crippen MR) is 96.8 cm³/mol. The molecule has 0 spiro atoms. The maximum absolute atomic E-state index is 12.8. The van der Waals surface area contributed by atoms with E-state index in [0.717, 1.165) is 5.69 Å². The van der Waals surface area contributed by atoms with Crippen LogP contribution in [-0.2, 0) is 0 Å². The molecule has 0 atom stereocenters. The van der Waals surface area contributed by atoms with Crippen LogP contribution >= 0.6 is 0 Å². The van der Waals surface area contributed by atoms with Gasteiger partial charge in [0.1, 0.15) is 5.82 Å². The van der Waals surface area contributed by atoms with E-state index in [1.165, 1.54) is 24.3 Å². The van der Waals surface area contributed by atoms with Crippen molar-refractivity contribution in [1.29, 1.82) is 0 Å². The van der Waals surface area contributed by atoms with Crippen molar-refractivity contribution in [3.8, 4) is 5.69 Å². The molecule has 3 rings (SSSR count). The fraction of sp³-hybridized carbons (Fsp3) is 0.100. The Hall–Kier alpha value is -3.41. The fourth-order valence-corrected chi connectivity index (χ4v) is 2.45. The molecule has 0 aliphatic carbocycles. The van der Waals surface area contributed by atoms with E-state index in [9.17, 15) is 14.0 Å². The first kappa shape index (κ1) is 17.4. The Kier molecular flexibility index (Phi) is 5.43. The molecule has 6 heteroatoms. The number of aromatic nitrogens is 1. The lowest BCUT2D eigenvalue weighted by molar-refractivity contribution is 0.0927. The molecule has 1 aromatic heterocycles. The summed E-state index contributed by atoms with van der Waals surface area (Å²) in [5.41, 5.74) is 1.89. The third-order valence-corrected chi connectivity index (χ3v) is 3.83. The van der Waals surface area contributed by atoms with Crippen LogP contribution in [0.1, 0.15) is 20.7 Å². The van der Waals surface area contributed by atoms with Crippen LogP contribution in [0, 0.1) is 5.82 Å². The van der Waals surface area contributed by atoms with Crippen molar-refractivity contribution in [1.82, 2.24) is 15.2 Å². The monoisotopic (exact) mass is 351 g/mol. The van der Waals surface area contributed by atoms with E-state index in [1.54, 1.807) is 12.1 Å². The summed E-state index contributed by atoms with van der Waals surface area (Å²) in [7, 11) is 0. The Labute approximate surface area is 150 Å². The highest BCUT2D eigenvalue weighted by Gasteiger charge is 2.07. The Balaban J connectivity index is 1.45. The second-order valence-corrected chi connectivity index (χ2v) is 5.66. The van der Waals surface area contributed by atoms with Crippen molar-refractivity contribution in [2.24, 2.45) is 0 Å². The van der Waals surface area contributed by atoms with E-state index < -0.39 is 5.82 Å². The van der Waals surface area contributed by atoms with Gasteiger partial charge < -0.3 is 15.2 Å². The maximum atomic E-state index is 12.8. The van der Waals surface area contributed by atoms with Crippen LogP contribution in [0.3, 0.4) is 0 Å². The molecule has 0 saturated heterocycles. The second-order valence-electron chi connectivity index (χ2n) is 5.66. The molecule has 2 aromatic carbocycles. The van der Waals surface area contributed by atoms with Crippen LogP contribution in [0.15, 0.2) is 73.1 Å². The third kappa shape index (κ3) is 4.36. The Bertz CT molecular complexity index is 872. The number of amides is 2. The third-order valence-electron chi connectivity index (χ3n) is 3.83. The van der Waals surface area contributed by atoms with Gasteiger partial charge >= 0.3 is 0 Å². The van der Waals surface area contributed by atoms with Gasteiger partial charge in [-0.05, 0) is 60.7 Å². The highest BCUT2D eigenvalue weighted by molar-refractivity contribution is 5.95. The second kappa shape index (κ2) is 8.11. The minimum Gasteiger partial charge on any atom is -0.350 e. The number of benzene rings is 2. The number of nitrogens with zero attached hydrogens (tertiary/aromatic N) is 1. The molecule has 0 radical (unpaired) electrons. The molecule has 26 heavy (non-hydrogen) atoms. The van der Waals surface area contributed by atoms with Gasteiger partial charge in [0.15, 0.2) is 0 Å². The van der Waals surface area contributed by atoms with E-state index >= 15 is 0 Å². The number of carbonyl (C=O) groups is 2. The molecular formula is C20H18FN3O2. The fourth-order valence-electron chi connectivity index (χ4n) is 2.45.